The van der Waals surface area contributed by atoms with E-state index in [1.54, 1.807) is 11.8 Å². The van der Waals surface area contributed by atoms with E-state index in [4.69, 9.17) is 5.26 Å². The van der Waals surface area contributed by atoms with Crippen molar-refractivity contribution in [2.75, 3.05) is 0 Å². The summed E-state index contributed by atoms with van der Waals surface area (Å²) in [7, 11) is 0. The molecule has 18 heavy (non-hydrogen) atoms. The number of aromatic nitrogens is 1. The Morgan fingerprint density at radius 2 is 1.89 bits per heavy atom. The second-order valence-electron chi connectivity index (χ2n) is 4.09. The van der Waals surface area contributed by atoms with Gasteiger partial charge in [-0.3, -0.25) is 0 Å². The Balaban J connectivity index is 2.24. The number of nitriles is 1. The van der Waals surface area contributed by atoms with Crippen LogP contribution in [0, 0.1) is 18.3 Å². The van der Waals surface area contributed by atoms with Gasteiger partial charge in [0.2, 0.25) is 0 Å². The third kappa shape index (κ3) is 2.91. The van der Waals surface area contributed by atoms with Gasteiger partial charge in [0, 0.05) is 10.9 Å². The quantitative estimate of drug-likeness (QED) is 0.773. The van der Waals surface area contributed by atoms with Crippen molar-refractivity contribution < 1.29 is 0 Å². The molecular weight excluding hydrogens is 240 g/mol. The first kappa shape index (κ1) is 12.7. The Morgan fingerprint density at radius 3 is 2.56 bits per heavy atom. The largest absolute Gasteiger partial charge is 0.245 e. The fourth-order valence-electron chi connectivity index (χ4n) is 1.67. The van der Waals surface area contributed by atoms with Gasteiger partial charge in [-0.2, -0.15) is 5.26 Å². The first-order valence-electron chi connectivity index (χ1n) is 5.80. The maximum atomic E-state index is 9.09. The molecule has 90 valence electrons. The molecule has 0 saturated carbocycles. The number of aryl methyl sites for hydroxylation is 1. The van der Waals surface area contributed by atoms with Crippen molar-refractivity contribution >= 4 is 11.8 Å². The Bertz CT molecular complexity index is 573. The Hall–Kier alpha value is -1.79. The fourth-order valence-corrected chi connectivity index (χ4v) is 2.73. The van der Waals surface area contributed by atoms with Crippen LogP contribution in [0.1, 0.15) is 29.0 Å². The number of rotatable bonds is 3. The molecule has 0 amide bonds. The number of nitrogens with zero attached hydrogens (tertiary/aromatic N) is 2. The van der Waals surface area contributed by atoms with Crippen molar-refractivity contribution in [3.8, 4) is 6.07 Å². The maximum Gasteiger partial charge on any atom is 0.115 e. The van der Waals surface area contributed by atoms with Gasteiger partial charge in [-0.25, -0.2) is 4.98 Å². The van der Waals surface area contributed by atoms with E-state index in [1.165, 1.54) is 5.56 Å². The van der Waals surface area contributed by atoms with Crippen molar-refractivity contribution in [2.45, 2.75) is 24.1 Å². The topological polar surface area (TPSA) is 36.7 Å². The van der Waals surface area contributed by atoms with Crippen molar-refractivity contribution in [1.29, 1.82) is 5.26 Å². The number of pyridine rings is 1. The van der Waals surface area contributed by atoms with Gasteiger partial charge in [-0.05, 0) is 31.5 Å². The summed E-state index contributed by atoms with van der Waals surface area (Å²) < 4.78 is 0. The third-order valence-electron chi connectivity index (χ3n) is 2.68. The number of hydrogen-bond acceptors (Lipinski definition) is 3. The second kappa shape index (κ2) is 5.70. The zero-order chi connectivity index (χ0) is 13.0. The van der Waals surface area contributed by atoms with Crippen LogP contribution in [0.15, 0.2) is 47.5 Å². The second-order valence-corrected chi connectivity index (χ2v) is 5.42. The lowest BCUT2D eigenvalue weighted by Crippen LogP contribution is -1.93. The predicted molar refractivity (Wildman–Crippen MR) is 74.4 cm³/mol. The van der Waals surface area contributed by atoms with Crippen LogP contribution >= 0.6 is 11.8 Å². The predicted octanol–water partition coefficient (Wildman–Crippen LogP) is 4.12. The van der Waals surface area contributed by atoms with Crippen LogP contribution in [0.2, 0.25) is 0 Å². The molecule has 0 aliphatic carbocycles. The van der Waals surface area contributed by atoms with Crippen LogP contribution in [0.5, 0.6) is 0 Å². The van der Waals surface area contributed by atoms with Gasteiger partial charge in [0.15, 0.2) is 0 Å². The van der Waals surface area contributed by atoms with E-state index < -0.39 is 0 Å². The summed E-state index contributed by atoms with van der Waals surface area (Å²) in [4.78, 5) is 4.45. The SMILES string of the molecule is Cc1ccc(C#N)c(SC(C)c2ccccc2)n1. The van der Waals surface area contributed by atoms with Crippen molar-refractivity contribution in [1.82, 2.24) is 4.98 Å². The average molecular weight is 254 g/mol. The molecule has 1 atom stereocenters. The van der Waals surface area contributed by atoms with Gasteiger partial charge in [0.1, 0.15) is 11.1 Å². The van der Waals surface area contributed by atoms with Gasteiger partial charge in [-0.1, -0.05) is 42.1 Å². The van der Waals surface area contributed by atoms with Crippen LogP contribution < -0.4 is 0 Å². The maximum absolute atomic E-state index is 9.09. The van der Waals surface area contributed by atoms with E-state index >= 15 is 0 Å². The van der Waals surface area contributed by atoms with Crippen LogP contribution in [0.4, 0.5) is 0 Å². The van der Waals surface area contributed by atoms with Gasteiger partial charge in [0.05, 0.1) is 5.56 Å². The summed E-state index contributed by atoms with van der Waals surface area (Å²) in [5.41, 5.74) is 2.83. The van der Waals surface area contributed by atoms with Gasteiger partial charge in [0.25, 0.3) is 0 Å². The van der Waals surface area contributed by atoms with E-state index in [-0.39, 0.29) is 5.25 Å². The molecule has 2 aromatic rings. The molecule has 0 spiro atoms. The highest BCUT2D eigenvalue weighted by Crippen LogP contribution is 2.35. The van der Waals surface area contributed by atoms with Gasteiger partial charge >= 0.3 is 0 Å². The Labute approximate surface area is 112 Å². The van der Waals surface area contributed by atoms with E-state index in [0.717, 1.165) is 10.7 Å². The van der Waals surface area contributed by atoms with Crippen LogP contribution in [0.3, 0.4) is 0 Å². The van der Waals surface area contributed by atoms with E-state index in [2.05, 4.69) is 30.1 Å². The van der Waals surface area contributed by atoms with E-state index in [1.807, 2.05) is 37.3 Å². The molecule has 2 rings (SSSR count). The molecule has 0 saturated heterocycles. The normalized spacial score (nSPS) is 11.8. The molecule has 0 radical (unpaired) electrons. The van der Waals surface area contributed by atoms with Crippen molar-refractivity contribution in [3.05, 3.63) is 59.3 Å². The van der Waals surface area contributed by atoms with Crippen molar-refractivity contribution in [3.63, 3.8) is 0 Å². The number of hydrogen-bond donors (Lipinski definition) is 0. The van der Waals surface area contributed by atoms with Gasteiger partial charge < -0.3 is 0 Å². The Kier molecular flexibility index (Phi) is 4.01. The summed E-state index contributed by atoms with van der Waals surface area (Å²) in [5.74, 6) is 0. The lowest BCUT2D eigenvalue weighted by Gasteiger charge is -2.12. The monoisotopic (exact) mass is 254 g/mol. The summed E-state index contributed by atoms with van der Waals surface area (Å²) in [6.45, 7) is 4.07. The van der Waals surface area contributed by atoms with E-state index in [0.29, 0.717) is 5.56 Å². The molecule has 0 aliphatic heterocycles. The molecule has 0 N–H and O–H groups in total. The highest BCUT2D eigenvalue weighted by Gasteiger charge is 2.11. The van der Waals surface area contributed by atoms with Gasteiger partial charge in [-0.15, -0.1) is 0 Å². The smallest absolute Gasteiger partial charge is 0.115 e. The molecule has 1 heterocycles. The molecule has 0 fully saturated rings. The summed E-state index contributed by atoms with van der Waals surface area (Å²) in [6, 6.07) is 16.2. The summed E-state index contributed by atoms with van der Waals surface area (Å²) in [5, 5.41) is 10.2. The zero-order valence-corrected chi connectivity index (χ0v) is 11.2. The minimum absolute atomic E-state index is 0.285. The summed E-state index contributed by atoms with van der Waals surface area (Å²) >= 11 is 1.63. The zero-order valence-electron chi connectivity index (χ0n) is 10.4. The van der Waals surface area contributed by atoms with Crippen molar-refractivity contribution in [2.24, 2.45) is 0 Å². The third-order valence-corrected chi connectivity index (χ3v) is 3.84. The molecule has 1 aromatic heterocycles. The number of thioether (sulfide) groups is 1. The number of benzene rings is 1. The molecule has 3 heteroatoms. The lowest BCUT2D eigenvalue weighted by atomic mass is 10.2. The molecular formula is C15H14N2S. The molecule has 0 aliphatic rings. The van der Waals surface area contributed by atoms with Crippen LogP contribution in [0.25, 0.3) is 0 Å². The average Bonchev–Trinajstić information content (AvgIpc) is 2.40. The highest BCUT2D eigenvalue weighted by atomic mass is 32.2. The minimum atomic E-state index is 0.285. The summed E-state index contributed by atoms with van der Waals surface area (Å²) in [6.07, 6.45) is 0. The molecule has 2 nitrogen and oxygen atoms in total. The molecule has 1 aromatic carbocycles. The molecule has 0 bridgehead atoms. The highest BCUT2D eigenvalue weighted by molar-refractivity contribution is 7.99. The van der Waals surface area contributed by atoms with Crippen LogP contribution in [-0.2, 0) is 0 Å². The van der Waals surface area contributed by atoms with Crippen LogP contribution in [-0.4, -0.2) is 4.98 Å². The minimum Gasteiger partial charge on any atom is -0.245 e. The standard InChI is InChI=1S/C15H14N2S/c1-11-8-9-14(10-16)15(17-11)18-12(2)13-6-4-3-5-7-13/h3-9,12H,1-2H3. The molecule has 1 unspecified atom stereocenters. The first-order valence-corrected chi connectivity index (χ1v) is 6.68. The first-order chi connectivity index (χ1) is 8.70. The lowest BCUT2D eigenvalue weighted by molar-refractivity contribution is 1.02. The van der Waals surface area contributed by atoms with E-state index in [9.17, 15) is 0 Å². The Morgan fingerprint density at radius 1 is 1.17 bits per heavy atom. The fraction of sp³-hybridized carbons (Fsp3) is 0.200.